The largest absolute Gasteiger partial charge is 0.495 e. The van der Waals surface area contributed by atoms with Gasteiger partial charge < -0.3 is 19.8 Å². The van der Waals surface area contributed by atoms with Gasteiger partial charge in [0.25, 0.3) is 0 Å². The van der Waals surface area contributed by atoms with E-state index in [0.717, 1.165) is 16.9 Å². The number of rotatable bonds is 4. The average Bonchev–Trinajstić information content (AvgIpc) is 3.13. The molecule has 0 spiro atoms. The van der Waals surface area contributed by atoms with Crippen molar-refractivity contribution in [2.24, 2.45) is 0 Å². The number of methoxy groups -OCH3 is 1. The molecule has 0 unspecified atom stereocenters. The maximum Gasteiger partial charge on any atom is 0.323 e. The van der Waals surface area contributed by atoms with E-state index in [-0.39, 0.29) is 0 Å². The molecule has 4 aromatic rings. The molecule has 0 fully saturated rings. The normalized spacial score (nSPS) is 10.6. The molecular weight excluding hydrogens is 376 g/mol. The number of imidazole rings is 1. The molecule has 0 atom stereocenters. The van der Waals surface area contributed by atoms with E-state index < -0.39 is 6.03 Å². The van der Waals surface area contributed by atoms with E-state index >= 15 is 0 Å². The first kappa shape index (κ1) is 17.9. The summed E-state index contributed by atoms with van der Waals surface area (Å²) in [4.78, 5) is 17.0. The summed E-state index contributed by atoms with van der Waals surface area (Å²) in [6.07, 6.45) is 3.89. The molecule has 0 aliphatic rings. The average molecular weight is 393 g/mol. The van der Waals surface area contributed by atoms with Gasteiger partial charge in [0, 0.05) is 28.7 Å². The number of halogens is 1. The Morgan fingerprint density at radius 3 is 2.79 bits per heavy atom. The summed E-state index contributed by atoms with van der Waals surface area (Å²) in [5.41, 5.74) is 3.73. The summed E-state index contributed by atoms with van der Waals surface area (Å²) in [5, 5.41) is 6.08. The van der Waals surface area contributed by atoms with Crippen molar-refractivity contribution in [1.29, 1.82) is 0 Å². The van der Waals surface area contributed by atoms with E-state index in [2.05, 4.69) is 15.6 Å². The van der Waals surface area contributed by atoms with E-state index in [4.69, 9.17) is 16.3 Å². The molecular formula is C21H17ClN4O2. The van der Waals surface area contributed by atoms with Gasteiger partial charge in [0.05, 0.1) is 18.5 Å². The van der Waals surface area contributed by atoms with Gasteiger partial charge >= 0.3 is 6.03 Å². The molecule has 2 N–H and O–H groups in total. The number of urea groups is 1. The predicted octanol–water partition coefficient (Wildman–Crippen LogP) is 5.31. The van der Waals surface area contributed by atoms with E-state index in [0.29, 0.717) is 22.1 Å². The Morgan fingerprint density at radius 2 is 1.96 bits per heavy atom. The molecule has 4 rings (SSSR count). The third kappa shape index (κ3) is 3.77. The van der Waals surface area contributed by atoms with Crippen LogP contribution >= 0.6 is 11.6 Å². The molecule has 0 saturated carbocycles. The van der Waals surface area contributed by atoms with Gasteiger partial charge in [-0.1, -0.05) is 29.8 Å². The standard InChI is InChI=1S/C21H17ClN4O2/c1-28-19-9-8-15(22)12-17(19)25-21(27)23-16-6-4-5-14(11-16)18-13-26-10-3-2-7-20(26)24-18/h2-13H,1H3,(H2,23,25,27). The molecule has 0 bridgehead atoms. The van der Waals surface area contributed by atoms with Crippen molar-refractivity contribution in [2.75, 3.05) is 17.7 Å². The van der Waals surface area contributed by atoms with Crippen LogP contribution < -0.4 is 15.4 Å². The number of aromatic nitrogens is 2. The highest BCUT2D eigenvalue weighted by molar-refractivity contribution is 6.31. The van der Waals surface area contributed by atoms with Crippen LogP contribution in [0.4, 0.5) is 16.2 Å². The second-order valence-electron chi connectivity index (χ2n) is 6.10. The number of hydrogen-bond acceptors (Lipinski definition) is 3. The van der Waals surface area contributed by atoms with E-state index in [9.17, 15) is 4.79 Å². The predicted molar refractivity (Wildman–Crippen MR) is 111 cm³/mol. The molecule has 2 heterocycles. The van der Waals surface area contributed by atoms with Crippen LogP contribution in [0.1, 0.15) is 0 Å². The summed E-state index contributed by atoms with van der Waals surface area (Å²) in [6.45, 7) is 0. The monoisotopic (exact) mass is 392 g/mol. The van der Waals surface area contributed by atoms with Crippen molar-refractivity contribution >= 4 is 34.7 Å². The van der Waals surface area contributed by atoms with E-state index in [1.165, 1.54) is 7.11 Å². The van der Waals surface area contributed by atoms with Crippen LogP contribution in [0.5, 0.6) is 5.75 Å². The zero-order chi connectivity index (χ0) is 19.5. The van der Waals surface area contributed by atoms with Gasteiger partial charge in [-0.05, 0) is 42.5 Å². The van der Waals surface area contributed by atoms with Crippen molar-refractivity contribution < 1.29 is 9.53 Å². The van der Waals surface area contributed by atoms with Crippen molar-refractivity contribution in [3.05, 3.63) is 78.1 Å². The van der Waals surface area contributed by atoms with Gasteiger partial charge in [0.2, 0.25) is 0 Å². The lowest BCUT2D eigenvalue weighted by molar-refractivity contribution is 0.262. The third-order valence-electron chi connectivity index (χ3n) is 4.19. The summed E-state index contributed by atoms with van der Waals surface area (Å²) in [5.74, 6) is 0.526. The fraction of sp³-hybridized carbons (Fsp3) is 0.0476. The first-order valence-electron chi connectivity index (χ1n) is 8.58. The Kier molecular flexibility index (Phi) is 4.87. The molecule has 0 saturated heterocycles. The summed E-state index contributed by atoms with van der Waals surface area (Å²) >= 11 is 6.00. The zero-order valence-electron chi connectivity index (χ0n) is 15.0. The Hall–Kier alpha value is -3.51. The maximum atomic E-state index is 12.4. The SMILES string of the molecule is COc1ccc(Cl)cc1NC(=O)Nc1cccc(-c2cn3ccccc3n2)c1. The fourth-order valence-electron chi connectivity index (χ4n) is 2.89. The van der Waals surface area contributed by atoms with Gasteiger partial charge in [-0.15, -0.1) is 0 Å². The van der Waals surface area contributed by atoms with Gasteiger partial charge in [0.1, 0.15) is 11.4 Å². The highest BCUT2D eigenvalue weighted by atomic mass is 35.5. The number of carbonyl (C=O) groups excluding carboxylic acids is 1. The van der Waals surface area contributed by atoms with E-state index in [1.807, 2.05) is 59.3 Å². The number of ether oxygens (including phenoxy) is 1. The lowest BCUT2D eigenvalue weighted by Crippen LogP contribution is -2.19. The molecule has 0 aliphatic carbocycles. The molecule has 7 heteroatoms. The number of hydrogen-bond donors (Lipinski definition) is 2. The minimum absolute atomic E-state index is 0.396. The number of carbonyl (C=O) groups is 1. The van der Waals surface area contributed by atoms with Crippen molar-refractivity contribution in [3.63, 3.8) is 0 Å². The number of amides is 2. The van der Waals surface area contributed by atoms with Crippen molar-refractivity contribution in [1.82, 2.24) is 9.38 Å². The number of fused-ring (bicyclic) bond motifs is 1. The molecule has 0 radical (unpaired) electrons. The van der Waals surface area contributed by atoms with Crippen LogP contribution in [0.2, 0.25) is 5.02 Å². The van der Waals surface area contributed by atoms with Gasteiger partial charge in [-0.3, -0.25) is 0 Å². The van der Waals surface area contributed by atoms with Crippen LogP contribution in [-0.4, -0.2) is 22.5 Å². The number of nitrogens with one attached hydrogen (secondary N) is 2. The first-order valence-corrected chi connectivity index (χ1v) is 8.96. The summed E-state index contributed by atoms with van der Waals surface area (Å²) < 4.78 is 7.20. The quantitative estimate of drug-likeness (QED) is 0.494. The second-order valence-corrected chi connectivity index (χ2v) is 6.53. The van der Waals surface area contributed by atoms with E-state index in [1.54, 1.807) is 18.2 Å². The Morgan fingerprint density at radius 1 is 1.07 bits per heavy atom. The fourth-order valence-corrected chi connectivity index (χ4v) is 3.06. The Balaban J connectivity index is 1.53. The highest BCUT2D eigenvalue weighted by Gasteiger charge is 2.10. The van der Waals surface area contributed by atoms with Gasteiger partial charge in [-0.25, -0.2) is 9.78 Å². The Labute approximate surface area is 166 Å². The summed E-state index contributed by atoms with van der Waals surface area (Å²) in [6, 6.07) is 18.0. The molecule has 140 valence electrons. The number of pyridine rings is 1. The zero-order valence-corrected chi connectivity index (χ0v) is 15.8. The first-order chi connectivity index (χ1) is 13.6. The van der Waals surface area contributed by atoms with Crippen molar-refractivity contribution in [2.45, 2.75) is 0 Å². The van der Waals surface area contributed by atoms with Crippen LogP contribution in [0.25, 0.3) is 16.9 Å². The van der Waals surface area contributed by atoms with Crippen molar-refractivity contribution in [3.8, 4) is 17.0 Å². The number of nitrogens with zero attached hydrogens (tertiary/aromatic N) is 2. The molecule has 2 amide bonds. The molecule has 6 nitrogen and oxygen atoms in total. The van der Waals surface area contributed by atoms with Crippen LogP contribution in [0.15, 0.2) is 73.1 Å². The van der Waals surface area contributed by atoms with Crippen LogP contribution in [0, 0.1) is 0 Å². The lowest BCUT2D eigenvalue weighted by atomic mass is 10.1. The maximum absolute atomic E-state index is 12.4. The van der Waals surface area contributed by atoms with Crippen LogP contribution in [0.3, 0.4) is 0 Å². The topological polar surface area (TPSA) is 67.7 Å². The second kappa shape index (κ2) is 7.62. The highest BCUT2D eigenvalue weighted by Crippen LogP contribution is 2.28. The Bertz CT molecular complexity index is 1120. The minimum atomic E-state index is -0.396. The molecule has 2 aromatic carbocycles. The number of benzene rings is 2. The summed E-state index contributed by atoms with van der Waals surface area (Å²) in [7, 11) is 1.53. The van der Waals surface area contributed by atoms with Gasteiger partial charge in [-0.2, -0.15) is 0 Å². The van der Waals surface area contributed by atoms with Crippen LogP contribution in [-0.2, 0) is 0 Å². The van der Waals surface area contributed by atoms with Gasteiger partial charge in [0.15, 0.2) is 0 Å². The molecule has 2 aromatic heterocycles. The third-order valence-corrected chi connectivity index (χ3v) is 4.43. The number of anilines is 2. The molecule has 28 heavy (non-hydrogen) atoms. The minimum Gasteiger partial charge on any atom is -0.495 e. The smallest absolute Gasteiger partial charge is 0.323 e. The molecule has 0 aliphatic heterocycles. The lowest BCUT2D eigenvalue weighted by Gasteiger charge is -2.12.